The Balaban J connectivity index is 2.31. The number of halogens is 1. The van der Waals surface area contributed by atoms with E-state index in [1.165, 1.54) is 59.9 Å². The van der Waals surface area contributed by atoms with E-state index in [9.17, 15) is 16.8 Å². The third-order valence-corrected chi connectivity index (χ3v) is 6.85. The van der Waals surface area contributed by atoms with E-state index in [-0.39, 0.29) is 9.79 Å². The molecule has 0 aromatic heterocycles. The quantitative estimate of drug-likeness (QED) is 0.850. The average Bonchev–Trinajstić information content (AvgIpc) is 2.53. The molecular weight excluding hydrogens is 372 g/mol. The van der Waals surface area contributed by atoms with Gasteiger partial charge in [-0.05, 0) is 48.9 Å². The van der Waals surface area contributed by atoms with E-state index in [1.54, 1.807) is 6.92 Å². The highest BCUT2D eigenvalue weighted by Crippen LogP contribution is 2.27. The Labute approximate surface area is 147 Å². The smallest absolute Gasteiger partial charge is 0.225 e. The van der Waals surface area contributed by atoms with Crippen LogP contribution in [0.3, 0.4) is 0 Å². The Kier molecular flexibility index (Phi) is 5.36. The summed E-state index contributed by atoms with van der Waals surface area (Å²) < 4.78 is 49.1. The van der Waals surface area contributed by atoms with Gasteiger partial charge in [-0.25, -0.2) is 22.0 Å². The second-order valence-electron chi connectivity index (χ2n) is 5.27. The van der Waals surface area contributed by atoms with E-state index in [0.717, 1.165) is 0 Å². The topological polar surface area (TPSA) is 97.5 Å². The molecule has 0 heterocycles. The number of hydrogen-bond acceptors (Lipinski definition) is 4. The summed E-state index contributed by atoms with van der Waals surface area (Å²) in [6, 6.07) is 11.2. The summed E-state index contributed by atoms with van der Waals surface area (Å²) in [6.07, 6.45) is 0. The average molecular weight is 389 g/mol. The fourth-order valence-electron chi connectivity index (χ4n) is 2.13. The van der Waals surface area contributed by atoms with Crippen molar-refractivity contribution in [3.63, 3.8) is 0 Å². The van der Waals surface area contributed by atoms with Crippen LogP contribution in [0.25, 0.3) is 0 Å². The minimum atomic E-state index is -3.79. The fourth-order valence-corrected chi connectivity index (χ4v) is 4.12. The summed E-state index contributed by atoms with van der Waals surface area (Å²) >= 11 is 5.78. The van der Waals surface area contributed by atoms with Crippen LogP contribution in [0, 0.1) is 0 Å². The largest absolute Gasteiger partial charge is 0.243 e. The van der Waals surface area contributed by atoms with Crippen LogP contribution in [0.4, 0.5) is 0 Å². The Morgan fingerprint density at radius 3 is 1.83 bits per heavy atom. The molecule has 0 aliphatic heterocycles. The lowest BCUT2D eigenvalue weighted by molar-refractivity contribution is 0.398. The number of primary sulfonamides is 1. The second kappa shape index (κ2) is 6.81. The van der Waals surface area contributed by atoms with Crippen molar-refractivity contribution < 1.29 is 16.8 Å². The SMILES string of the molecule is C[C@@H](c1ccc(S(N)(=O)=O)cc1)N(C)S(=O)(=O)c1ccc(Cl)cc1. The molecule has 2 N–H and O–H groups in total. The first kappa shape index (κ1) is 18.9. The maximum Gasteiger partial charge on any atom is 0.243 e. The third-order valence-electron chi connectivity index (χ3n) is 3.73. The molecule has 0 aliphatic rings. The molecule has 0 amide bonds. The van der Waals surface area contributed by atoms with Gasteiger partial charge in [0.05, 0.1) is 9.79 Å². The lowest BCUT2D eigenvalue weighted by atomic mass is 10.1. The molecule has 0 bridgehead atoms. The molecule has 2 aromatic carbocycles. The molecule has 2 aromatic rings. The van der Waals surface area contributed by atoms with Crippen LogP contribution < -0.4 is 5.14 Å². The zero-order chi connectivity index (χ0) is 18.1. The Morgan fingerprint density at radius 1 is 0.917 bits per heavy atom. The molecule has 0 aliphatic carbocycles. The number of nitrogens with two attached hydrogens (primary N) is 1. The highest BCUT2D eigenvalue weighted by Gasteiger charge is 2.26. The molecule has 0 fully saturated rings. The minimum absolute atomic E-state index is 0.0262. The molecular formula is C15H17ClN2O4S2. The van der Waals surface area contributed by atoms with E-state index in [4.69, 9.17) is 16.7 Å². The Bertz CT molecular complexity index is 924. The van der Waals surface area contributed by atoms with Crippen LogP contribution in [-0.4, -0.2) is 28.2 Å². The van der Waals surface area contributed by atoms with Crippen LogP contribution in [-0.2, 0) is 20.0 Å². The molecule has 24 heavy (non-hydrogen) atoms. The van der Waals surface area contributed by atoms with Crippen LogP contribution >= 0.6 is 11.6 Å². The minimum Gasteiger partial charge on any atom is -0.225 e. The molecule has 9 heteroatoms. The van der Waals surface area contributed by atoms with Gasteiger partial charge in [0.25, 0.3) is 0 Å². The summed E-state index contributed by atoms with van der Waals surface area (Å²) in [4.78, 5) is 0.101. The van der Waals surface area contributed by atoms with Gasteiger partial charge in [0.1, 0.15) is 0 Å². The monoisotopic (exact) mass is 388 g/mol. The van der Waals surface area contributed by atoms with Crippen molar-refractivity contribution in [3.8, 4) is 0 Å². The van der Waals surface area contributed by atoms with Gasteiger partial charge < -0.3 is 0 Å². The van der Waals surface area contributed by atoms with Gasteiger partial charge in [-0.15, -0.1) is 0 Å². The second-order valence-corrected chi connectivity index (χ2v) is 9.26. The van der Waals surface area contributed by atoms with Crippen molar-refractivity contribution in [1.29, 1.82) is 0 Å². The summed E-state index contributed by atoms with van der Waals surface area (Å²) in [5.41, 5.74) is 0.641. The highest BCUT2D eigenvalue weighted by atomic mass is 35.5. The van der Waals surface area contributed by atoms with Gasteiger partial charge in [0.15, 0.2) is 0 Å². The Hall–Kier alpha value is -1.45. The summed E-state index contributed by atoms with van der Waals surface area (Å²) in [5.74, 6) is 0. The van der Waals surface area contributed by atoms with Crippen molar-refractivity contribution >= 4 is 31.6 Å². The van der Waals surface area contributed by atoms with Gasteiger partial charge in [0, 0.05) is 18.1 Å². The first-order chi connectivity index (χ1) is 11.0. The normalized spacial score (nSPS) is 13.9. The van der Waals surface area contributed by atoms with Gasteiger partial charge >= 0.3 is 0 Å². The van der Waals surface area contributed by atoms with Crippen molar-refractivity contribution in [2.45, 2.75) is 22.8 Å². The molecule has 0 spiro atoms. The van der Waals surface area contributed by atoms with Crippen LogP contribution in [0.1, 0.15) is 18.5 Å². The van der Waals surface area contributed by atoms with E-state index >= 15 is 0 Å². The van der Waals surface area contributed by atoms with Crippen LogP contribution in [0.5, 0.6) is 0 Å². The highest BCUT2D eigenvalue weighted by molar-refractivity contribution is 7.89. The Morgan fingerprint density at radius 2 is 1.38 bits per heavy atom. The zero-order valence-electron chi connectivity index (χ0n) is 13.0. The number of hydrogen-bond donors (Lipinski definition) is 1. The fraction of sp³-hybridized carbons (Fsp3) is 0.200. The third kappa shape index (κ3) is 3.96. The first-order valence-electron chi connectivity index (χ1n) is 6.90. The number of benzene rings is 2. The first-order valence-corrected chi connectivity index (χ1v) is 10.3. The van der Waals surface area contributed by atoms with Crippen molar-refractivity contribution in [3.05, 3.63) is 59.1 Å². The van der Waals surface area contributed by atoms with Crippen LogP contribution in [0.2, 0.25) is 5.02 Å². The van der Waals surface area contributed by atoms with E-state index in [2.05, 4.69) is 0 Å². The van der Waals surface area contributed by atoms with E-state index in [1.807, 2.05) is 0 Å². The predicted octanol–water partition coefficient (Wildman–Crippen LogP) is 2.37. The molecule has 130 valence electrons. The van der Waals surface area contributed by atoms with Crippen molar-refractivity contribution in [2.24, 2.45) is 5.14 Å². The number of sulfonamides is 2. The maximum atomic E-state index is 12.7. The molecule has 0 radical (unpaired) electrons. The molecule has 0 saturated carbocycles. The summed E-state index contributed by atoms with van der Waals surface area (Å²) in [6.45, 7) is 1.71. The molecule has 0 unspecified atom stereocenters. The van der Waals surface area contributed by atoms with Gasteiger partial charge in [0.2, 0.25) is 20.0 Å². The van der Waals surface area contributed by atoms with Gasteiger partial charge in [-0.1, -0.05) is 23.7 Å². The summed E-state index contributed by atoms with van der Waals surface area (Å²) in [5, 5.41) is 5.50. The van der Waals surface area contributed by atoms with Crippen LogP contribution in [0.15, 0.2) is 58.3 Å². The molecule has 2 rings (SSSR count). The number of rotatable bonds is 5. The predicted molar refractivity (Wildman–Crippen MR) is 92.6 cm³/mol. The maximum absolute atomic E-state index is 12.7. The molecule has 1 atom stereocenters. The zero-order valence-corrected chi connectivity index (χ0v) is 15.4. The van der Waals surface area contributed by atoms with Gasteiger partial charge in [-0.2, -0.15) is 4.31 Å². The number of nitrogens with zero attached hydrogens (tertiary/aromatic N) is 1. The van der Waals surface area contributed by atoms with Crippen molar-refractivity contribution in [2.75, 3.05) is 7.05 Å². The molecule has 0 saturated heterocycles. The lowest BCUT2D eigenvalue weighted by Gasteiger charge is -2.25. The summed E-state index contributed by atoms with van der Waals surface area (Å²) in [7, 11) is -6.03. The van der Waals surface area contributed by atoms with Gasteiger partial charge in [-0.3, -0.25) is 0 Å². The lowest BCUT2D eigenvalue weighted by Crippen LogP contribution is -2.29. The standard InChI is InChI=1S/C15H17ClN2O4S2/c1-11(12-3-7-14(8-4-12)23(17,19)20)18(2)24(21,22)15-9-5-13(16)6-10-15/h3-11H,1-2H3,(H2,17,19,20)/t11-/m0/s1. The van der Waals surface area contributed by atoms with E-state index < -0.39 is 26.1 Å². The van der Waals surface area contributed by atoms with E-state index in [0.29, 0.717) is 10.6 Å². The molecule has 6 nitrogen and oxygen atoms in total. The van der Waals surface area contributed by atoms with Crippen molar-refractivity contribution in [1.82, 2.24) is 4.31 Å².